The zero-order valence-corrected chi connectivity index (χ0v) is 8.56. The Morgan fingerprint density at radius 1 is 0.833 bits per heavy atom. The van der Waals surface area contributed by atoms with Crippen LogP contribution in [-0.4, -0.2) is 0 Å². The van der Waals surface area contributed by atoms with Gasteiger partial charge in [0, 0.05) is 0 Å². The number of rotatable bonds is 0. The van der Waals surface area contributed by atoms with E-state index in [0.717, 1.165) is 23.2 Å². The second-order valence-corrected chi connectivity index (χ2v) is 6.68. The molecule has 0 saturated heterocycles. The maximum atomic E-state index is 2.52. The molecule has 2 atom stereocenters. The smallest absolute Gasteiger partial charge is 0.0287 e. The molecule has 3 aliphatic rings. The molecule has 0 heterocycles. The Labute approximate surface area is 75.7 Å². The van der Waals surface area contributed by atoms with E-state index in [1.807, 2.05) is 0 Å². The fourth-order valence-corrected chi connectivity index (χ4v) is 4.91. The normalized spacial score (nSPS) is 59.8. The van der Waals surface area contributed by atoms with Crippen LogP contribution in [0.3, 0.4) is 0 Å². The number of hydrogen-bond donors (Lipinski definition) is 0. The van der Waals surface area contributed by atoms with E-state index in [-0.39, 0.29) is 0 Å². The quantitative estimate of drug-likeness (QED) is 0.514. The molecule has 0 aromatic carbocycles. The van der Waals surface area contributed by atoms with Crippen molar-refractivity contribution in [2.45, 2.75) is 46.5 Å². The summed E-state index contributed by atoms with van der Waals surface area (Å²) in [5.74, 6) is 3.40. The van der Waals surface area contributed by atoms with Crippen molar-refractivity contribution in [2.75, 3.05) is 0 Å². The molecule has 0 aromatic heterocycles. The Kier molecular flexibility index (Phi) is 1.09. The lowest BCUT2D eigenvalue weighted by molar-refractivity contribution is -0.220. The molecule has 0 N–H and O–H groups in total. The van der Waals surface area contributed by atoms with Crippen molar-refractivity contribution in [1.82, 2.24) is 0 Å². The molecule has 0 bridgehead atoms. The van der Waals surface area contributed by atoms with Crippen molar-refractivity contribution in [3.8, 4) is 0 Å². The van der Waals surface area contributed by atoms with Crippen molar-refractivity contribution in [1.29, 1.82) is 0 Å². The van der Waals surface area contributed by atoms with Gasteiger partial charge in [0.2, 0.25) is 0 Å². The number of hydrogen-bond acceptors (Lipinski definition) is 0. The first-order valence-electron chi connectivity index (χ1n) is 5.50. The lowest BCUT2D eigenvalue weighted by Gasteiger charge is -2.71. The van der Waals surface area contributed by atoms with Gasteiger partial charge in [0.15, 0.2) is 0 Å². The lowest BCUT2D eigenvalue weighted by atomic mass is 9.34. The van der Waals surface area contributed by atoms with E-state index in [2.05, 4.69) is 20.8 Å². The topological polar surface area (TPSA) is 0 Å². The van der Waals surface area contributed by atoms with Gasteiger partial charge in [0.25, 0.3) is 0 Å². The highest BCUT2D eigenvalue weighted by Gasteiger charge is 2.65. The summed E-state index contributed by atoms with van der Waals surface area (Å²) in [6.45, 7) is 7.46. The van der Waals surface area contributed by atoms with Crippen LogP contribution in [0.5, 0.6) is 0 Å². The second-order valence-electron chi connectivity index (χ2n) is 6.68. The van der Waals surface area contributed by atoms with Crippen LogP contribution < -0.4 is 0 Å². The summed E-state index contributed by atoms with van der Waals surface area (Å²) in [4.78, 5) is 0. The molecule has 0 aromatic rings. The molecular formula is C12H20. The van der Waals surface area contributed by atoms with Crippen LogP contribution in [0.2, 0.25) is 0 Å². The monoisotopic (exact) mass is 164 g/mol. The summed E-state index contributed by atoms with van der Waals surface area (Å²) in [7, 11) is 0. The van der Waals surface area contributed by atoms with E-state index in [0.29, 0.717) is 5.41 Å². The van der Waals surface area contributed by atoms with Gasteiger partial charge in [-0.25, -0.2) is 0 Å². The van der Waals surface area contributed by atoms with Gasteiger partial charge in [0.1, 0.15) is 0 Å². The minimum atomic E-state index is 0.674. The first kappa shape index (κ1) is 7.41. The molecule has 0 heteroatoms. The van der Waals surface area contributed by atoms with E-state index in [4.69, 9.17) is 0 Å². The van der Waals surface area contributed by atoms with Crippen LogP contribution in [-0.2, 0) is 0 Å². The Hall–Kier alpha value is 0. The maximum Gasteiger partial charge on any atom is -0.0287 e. The predicted octanol–water partition coefficient (Wildman–Crippen LogP) is 3.47. The van der Waals surface area contributed by atoms with E-state index in [9.17, 15) is 0 Å². The predicted molar refractivity (Wildman–Crippen MR) is 50.8 cm³/mol. The van der Waals surface area contributed by atoms with E-state index in [1.54, 1.807) is 12.8 Å². The van der Waals surface area contributed by atoms with Crippen LogP contribution >= 0.6 is 0 Å². The zero-order chi connectivity index (χ0) is 8.56. The maximum absolute atomic E-state index is 2.52. The van der Waals surface area contributed by atoms with Crippen molar-refractivity contribution in [3.63, 3.8) is 0 Å². The van der Waals surface area contributed by atoms with Crippen LogP contribution in [0.15, 0.2) is 0 Å². The third kappa shape index (κ3) is 0.701. The Morgan fingerprint density at radius 2 is 1.33 bits per heavy atom. The van der Waals surface area contributed by atoms with Gasteiger partial charge in [0.05, 0.1) is 0 Å². The summed E-state index contributed by atoms with van der Waals surface area (Å²) >= 11 is 0. The standard InChI is InChI=1S/C12H20/c1-11(2)4-8-6-12(3)7-9(5-11)10(8)12/h8-10H,4-7H2,1-3H3. The Bertz CT molecular complexity index is 208. The van der Waals surface area contributed by atoms with Crippen molar-refractivity contribution in [3.05, 3.63) is 0 Å². The van der Waals surface area contributed by atoms with Gasteiger partial charge in [-0.1, -0.05) is 20.8 Å². The van der Waals surface area contributed by atoms with E-state index >= 15 is 0 Å². The molecule has 0 radical (unpaired) electrons. The molecule has 12 heavy (non-hydrogen) atoms. The van der Waals surface area contributed by atoms with Gasteiger partial charge in [-0.2, -0.15) is 0 Å². The van der Waals surface area contributed by atoms with Gasteiger partial charge >= 0.3 is 0 Å². The van der Waals surface area contributed by atoms with Gasteiger partial charge in [-0.05, 0) is 54.3 Å². The average Bonchev–Trinajstić information content (AvgIpc) is 1.79. The fraction of sp³-hybridized carbons (Fsp3) is 1.00. The molecule has 0 amide bonds. The Morgan fingerprint density at radius 3 is 1.75 bits per heavy atom. The summed E-state index contributed by atoms with van der Waals surface area (Å²) < 4.78 is 0. The molecule has 3 saturated carbocycles. The van der Waals surface area contributed by atoms with E-state index in [1.165, 1.54) is 12.8 Å². The molecule has 0 nitrogen and oxygen atoms in total. The summed E-state index contributed by atoms with van der Waals surface area (Å²) in [6.07, 6.45) is 6.14. The fourth-order valence-electron chi connectivity index (χ4n) is 4.91. The highest BCUT2D eigenvalue weighted by molar-refractivity contribution is 5.14. The van der Waals surface area contributed by atoms with Crippen molar-refractivity contribution in [2.24, 2.45) is 28.6 Å². The molecule has 3 aliphatic carbocycles. The molecule has 2 unspecified atom stereocenters. The highest BCUT2D eigenvalue weighted by Crippen LogP contribution is 2.73. The molecule has 68 valence electrons. The first-order chi connectivity index (χ1) is 5.50. The molecule has 0 aliphatic heterocycles. The van der Waals surface area contributed by atoms with E-state index < -0.39 is 0 Å². The van der Waals surface area contributed by atoms with Gasteiger partial charge in [-0.3, -0.25) is 0 Å². The summed E-state index contributed by atoms with van der Waals surface area (Å²) in [6, 6.07) is 0. The minimum Gasteiger partial charge on any atom is -0.0599 e. The highest BCUT2D eigenvalue weighted by atomic mass is 14.7. The molecular weight excluding hydrogens is 144 g/mol. The molecule has 0 spiro atoms. The van der Waals surface area contributed by atoms with Crippen LogP contribution in [0, 0.1) is 28.6 Å². The van der Waals surface area contributed by atoms with Crippen molar-refractivity contribution < 1.29 is 0 Å². The van der Waals surface area contributed by atoms with Gasteiger partial charge < -0.3 is 0 Å². The zero-order valence-electron chi connectivity index (χ0n) is 8.56. The SMILES string of the molecule is CC1(C)CC2CC3(C)CC(C1)C23. The van der Waals surface area contributed by atoms with Crippen LogP contribution in [0.1, 0.15) is 46.5 Å². The largest absolute Gasteiger partial charge is 0.0599 e. The first-order valence-corrected chi connectivity index (χ1v) is 5.50. The lowest BCUT2D eigenvalue weighted by Crippen LogP contribution is -2.63. The third-order valence-corrected chi connectivity index (χ3v) is 4.91. The minimum absolute atomic E-state index is 0.674. The molecule has 3 fully saturated rings. The third-order valence-electron chi connectivity index (χ3n) is 4.91. The average molecular weight is 164 g/mol. The Balaban J connectivity index is 1.83. The van der Waals surface area contributed by atoms with Gasteiger partial charge in [-0.15, -0.1) is 0 Å². The molecule has 3 rings (SSSR count). The van der Waals surface area contributed by atoms with Crippen LogP contribution in [0.25, 0.3) is 0 Å². The summed E-state index contributed by atoms with van der Waals surface area (Å²) in [5.41, 5.74) is 1.50. The second kappa shape index (κ2) is 1.76. The summed E-state index contributed by atoms with van der Waals surface area (Å²) in [5, 5.41) is 0. The van der Waals surface area contributed by atoms with Crippen LogP contribution in [0.4, 0.5) is 0 Å². The van der Waals surface area contributed by atoms with Crippen molar-refractivity contribution >= 4 is 0 Å².